The number of benzene rings is 1. The van der Waals surface area contributed by atoms with Crippen molar-refractivity contribution in [2.24, 2.45) is 0 Å². The van der Waals surface area contributed by atoms with Gasteiger partial charge >= 0.3 is 5.97 Å². The van der Waals surface area contributed by atoms with E-state index < -0.39 is 5.97 Å². The number of hydrogen-bond donors (Lipinski definition) is 1. The van der Waals surface area contributed by atoms with Crippen LogP contribution in [-0.4, -0.2) is 31.6 Å². The van der Waals surface area contributed by atoms with E-state index in [4.69, 9.17) is 13.9 Å². The summed E-state index contributed by atoms with van der Waals surface area (Å²) in [5.41, 5.74) is 1.36. The van der Waals surface area contributed by atoms with Gasteiger partial charge in [-0.25, -0.2) is 0 Å². The molecule has 1 N–H and O–H groups in total. The van der Waals surface area contributed by atoms with Gasteiger partial charge in [0.25, 0.3) is 5.91 Å². The van der Waals surface area contributed by atoms with Gasteiger partial charge in [0.1, 0.15) is 11.3 Å². The number of methoxy groups -OCH3 is 1. The molecule has 0 aliphatic heterocycles. The average molecular weight is 333 g/mol. The molecule has 1 heterocycles. The van der Waals surface area contributed by atoms with Crippen molar-refractivity contribution in [1.29, 1.82) is 0 Å². The molecule has 0 radical (unpaired) electrons. The van der Waals surface area contributed by atoms with E-state index in [0.717, 1.165) is 23.8 Å². The van der Waals surface area contributed by atoms with Crippen molar-refractivity contribution >= 4 is 22.8 Å². The molecule has 6 nitrogen and oxygen atoms in total. The van der Waals surface area contributed by atoms with Gasteiger partial charge < -0.3 is 19.2 Å². The largest absolute Gasteiger partial charge is 0.497 e. The Morgan fingerprint density at radius 3 is 2.67 bits per heavy atom. The fourth-order valence-electron chi connectivity index (χ4n) is 2.44. The number of esters is 1. The van der Waals surface area contributed by atoms with Gasteiger partial charge in [-0.05, 0) is 25.0 Å². The molecule has 0 fully saturated rings. The molecule has 0 unspecified atom stereocenters. The minimum Gasteiger partial charge on any atom is -0.497 e. The topological polar surface area (TPSA) is 77.8 Å². The Morgan fingerprint density at radius 2 is 2.00 bits per heavy atom. The van der Waals surface area contributed by atoms with Crippen molar-refractivity contribution in [3.63, 3.8) is 0 Å². The zero-order valence-electron chi connectivity index (χ0n) is 14.3. The summed E-state index contributed by atoms with van der Waals surface area (Å²) in [6, 6.07) is 5.51. The molecule has 0 spiro atoms. The average Bonchev–Trinajstić information content (AvgIpc) is 2.99. The Kier molecular flexibility index (Phi) is 6.23. The van der Waals surface area contributed by atoms with E-state index in [2.05, 4.69) is 5.32 Å². The lowest BCUT2D eigenvalue weighted by molar-refractivity contribution is -0.148. The van der Waals surface area contributed by atoms with Gasteiger partial charge in [-0.3, -0.25) is 9.59 Å². The summed E-state index contributed by atoms with van der Waals surface area (Å²) in [5.74, 6) is -0.0592. The monoisotopic (exact) mass is 333 g/mol. The molecule has 0 aliphatic carbocycles. The van der Waals surface area contributed by atoms with Crippen LogP contribution in [0.25, 0.3) is 11.0 Å². The lowest BCUT2D eigenvalue weighted by Gasteiger charge is -2.14. The fourth-order valence-corrected chi connectivity index (χ4v) is 2.44. The molecule has 2 rings (SSSR count). The molecular weight excluding hydrogens is 310 g/mol. The maximum absolute atomic E-state index is 11.9. The Hall–Kier alpha value is -2.50. The predicted molar refractivity (Wildman–Crippen MR) is 89.9 cm³/mol. The first-order chi connectivity index (χ1) is 11.6. The highest BCUT2D eigenvalue weighted by molar-refractivity contribution is 5.87. The predicted octanol–water partition coefficient (Wildman–Crippen LogP) is 2.83. The van der Waals surface area contributed by atoms with Crippen molar-refractivity contribution in [1.82, 2.24) is 5.32 Å². The smallest absolute Gasteiger partial charge is 0.310 e. The van der Waals surface area contributed by atoms with Crippen LogP contribution in [0.3, 0.4) is 0 Å². The molecule has 24 heavy (non-hydrogen) atoms. The second-order valence-electron chi connectivity index (χ2n) is 5.54. The summed E-state index contributed by atoms with van der Waals surface area (Å²) in [5, 5.41) is 3.65. The maximum atomic E-state index is 11.9. The van der Waals surface area contributed by atoms with Gasteiger partial charge in [-0.2, -0.15) is 0 Å². The molecule has 1 aromatic carbocycles. The van der Waals surface area contributed by atoms with Crippen molar-refractivity contribution in [3.8, 4) is 5.75 Å². The first-order valence-corrected chi connectivity index (χ1v) is 8.06. The lowest BCUT2D eigenvalue weighted by atomic mass is 10.1. The van der Waals surface area contributed by atoms with Crippen LogP contribution in [0, 0.1) is 0 Å². The summed E-state index contributed by atoms with van der Waals surface area (Å²) in [7, 11) is 1.58. The summed E-state index contributed by atoms with van der Waals surface area (Å²) in [6.07, 6.45) is 3.27. The molecular formula is C18H23NO5. The van der Waals surface area contributed by atoms with Crippen LogP contribution in [-0.2, 0) is 20.7 Å². The second-order valence-corrected chi connectivity index (χ2v) is 5.54. The van der Waals surface area contributed by atoms with Gasteiger partial charge in [-0.15, -0.1) is 0 Å². The highest BCUT2D eigenvalue weighted by Gasteiger charge is 2.14. The highest BCUT2D eigenvalue weighted by atomic mass is 16.5. The van der Waals surface area contributed by atoms with Gasteiger partial charge in [0, 0.05) is 23.1 Å². The molecule has 130 valence electrons. The third-order valence-corrected chi connectivity index (χ3v) is 3.91. The lowest BCUT2D eigenvalue weighted by Crippen LogP contribution is -2.37. The Morgan fingerprint density at radius 1 is 1.25 bits per heavy atom. The number of fused-ring (bicyclic) bond motifs is 1. The van der Waals surface area contributed by atoms with Gasteiger partial charge in [0.05, 0.1) is 19.8 Å². The van der Waals surface area contributed by atoms with E-state index in [1.165, 1.54) is 6.26 Å². The van der Waals surface area contributed by atoms with Crippen molar-refractivity contribution in [3.05, 3.63) is 30.0 Å². The summed E-state index contributed by atoms with van der Waals surface area (Å²) in [4.78, 5) is 23.7. The van der Waals surface area contributed by atoms with Crippen LogP contribution in [0.4, 0.5) is 0 Å². The van der Waals surface area contributed by atoms with Gasteiger partial charge in [-0.1, -0.05) is 13.8 Å². The molecule has 0 aliphatic rings. The van der Waals surface area contributed by atoms with E-state index in [1.807, 2.05) is 19.9 Å². The third-order valence-electron chi connectivity index (χ3n) is 3.91. The van der Waals surface area contributed by atoms with Crippen molar-refractivity contribution in [2.45, 2.75) is 39.2 Å². The van der Waals surface area contributed by atoms with Crippen LogP contribution in [0.15, 0.2) is 28.9 Å². The molecule has 1 amide bonds. The summed E-state index contributed by atoms with van der Waals surface area (Å²) >= 11 is 0. The zero-order valence-corrected chi connectivity index (χ0v) is 14.3. The minimum atomic E-state index is -0.465. The summed E-state index contributed by atoms with van der Waals surface area (Å²) < 4.78 is 15.6. The molecule has 0 bridgehead atoms. The van der Waals surface area contributed by atoms with Crippen LogP contribution < -0.4 is 10.1 Å². The number of hydrogen-bond acceptors (Lipinski definition) is 5. The zero-order chi connectivity index (χ0) is 17.5. The number of carbonyl (C=O) groups excluding carboxylic acids is 2. The maximum Gasteiger partial charge on any atom is 0.310 e. The number of carbonyl (C=O) groups is 2. The fraction of sp³-hybridized carbons (Fsp3) is 0.444. The van der Waals surface area contributed by atoms with Crippen LogP contribution in [0.1, 0.15) is 32.3 Å². The Balaban J connectivity index is 1.90. The first kappa shape index (κ1) is 17.8. The quantitative estimate of drug-likeness (QED) is 0.752. The normalized spacial score (nSPS) is 10.8. The SMILES string of the molecule is CCC(CC)NC(=O)COC(=O)Cc1coc2cc(OC)ccc12. The Bertz CT molecular complexity index is 702. The standard InChI is InChI=1S/C18H23NO5/c1-4-13(5-2)19-17(20)11-24-18(21)8-12-10-23-16-9-14(22-3)6-7-15(12)16/h6-7,9-10,13H,4-5,8,11H2,1-3H3,(H,19,20). The molecule has 1 aromatic heterocycles. The number of ether oxygens (including phenoxy) is 2. The van der Waals surface area contributed by atoms with E-state index in [9.17, 15) is 9.59 Å². The first-order valence-electron chi connectivity index (χ1n) is 8.06. The van der Waals surface area contributed by atoms with Gasteiger partial charge in [0.15, 0.2) is 6.61 Å². The van der Waals surface area contributed by atoms with Crippen LogP contribution >= 0.6 is 0 Å². The van der Waals surface area contributed by atoms with Crippen LogP contribution in [0.5, 0.6) is 5.75 Å². The second kappa shape index (κ2) is 8.38. The van der Waals surface area contributed by atoms with Crippen molar-refractivity contribution in [2.75, 3.05) is 13.7 Å². The minimum absolute atomic E-state index is 0.0532. The van der Waals surface area contributed by atoms with E-state index >= 15 is 0 Å². The summed E-state index contributed by atoms with van der Waals surface area (Å²) in [6.45, 7) is 3.73. The van der Waals surface area contributed by atoms with E-state index in [0.29, 0.717) is 11.3 Å². The van der Waals surface area contributed by atoms with Crippen molar-refractivity contribution < 1.29 is 23.5 Å². The van der Waals surface area contributed by atoms with E-state index in [-0.39, 0.29) is 25.0 Å². The van der Waals surface area contributed by atoms with E-state index in [1.54, 1.807) is 19.2 Å². The molecule has 0 saturated heterocycles. The number of rotatable bonds is 8. The van der Waals surface area contributed by atoms with Crippen LogP contribution in [0.2, 0.25) is 0 Å². The number of furan rings is 1. The molecule has 2 aromatic rings. The number of amides is 1. The van der Waals surface area contributed by atoms with Gasteiger partial charge in [0.2, 0.25) is 0 Å². The Labute approximate surface area is 141 Å². The molecule has 0 saturated carbocycles. The third kappa shape index (κ3) is 4.50. The highest BCUT2D eigenvalue weighted by Crippen LogP contribution is 2.25. The molecule has 6 heteroatoms. The number of nitrogens with one attached hydrogen (secondary N) is 1. The molecule has 0 atom stereocenters.